The summed E-state index contributed by atoms with van der Waals surface area (Å²) >= 11 is 0. The zero-order chi connectivity index (χ0) is 19.7. The van der Waals surface area contributed by atoms with Gasteiger partial charge in [0.2, 0.25) is 0 Å². The van der Waals surface area contributed by atoms with E-state index in [2.05, 4.69) is 5.32 Å². The smallest absolute Gasteiger partial charge is 0.291 e. The third-order valence-electron chi connectivity index (χ3n) is 5.03. The second-order valence-corrected chi connectivity index (χ2v) is 6.95. The molecule has 144 valence electrons. The molecule has 1 N–H and O–H groups in total. The van der Waals surface area contributed by atoms with Gasteiger partial charge in [-0.2, -0.15) is 0 Å². The van der Waals surface area contributed by atoms with Gasteiger partial charge in [0.05, 0.1) is 13.2 Å². The monoisotopic (exact) mass is 378 g/mol. The molecule has 0 saturated carbocycles. The van der Waals surface area contributed by atoms with Crippen molar-refractivity contribution in [3.8, 4) is 0 Å². The van der Waals surface area contributed by atoms with E-state index in [-0.39, 0.29) is 17.6 Å². The molecule has 2 aromatic carbocycles. The number of hydrogen-bond donors (Lipinski definition) is 1. The molecule has 1 aliphatic heterocycles. The molecule has 2 heterocycles. The summed E-state index contributed by atoms with van der Waals surface area (Å²) in [5.74, 6) is -0.103. The van der Waals surface area contributed by atoms with Crippen LogP contribution in [0.25, 0.3) is 11.0 Å². The summed E-state index contributed by atoms with van der Waals surface area (Å²) in [5.41, 5.74) is 3.61. The van der Waals surface area contributed by atoms with Crippen molar-refractivity contribution in [2.75, 3.05) is 31.6 Å². The summed E-state index contributed by atoms with van der Waals surface area (Å²) in [6.07, 6.45) is 0. The highest BCUT2D eigenvalue weighted by Gasteiger charge is 2.21. The fraction of sp³-hybridized carbons (Fsp3) is 0.273. The molecule has 3 aromatic rings. The quantitative estimate of drug-likeness (QED) is 0.753. The van der Waals surface area contributed by atoms with Gasteiger partial charge in [-0.1, -0.05) is 24.3 Å². The maximum Gasteiger partial charge on any atom is 0.291 e. The lowest BCUT2D eigenvalue weighted by atomic mass is 10.1. The molecule has 0 unspecified atom stereocenters. The van der Waals surface area contributed by atoms with Gasteiger partial charge in [0.15, 0.2) is 5.76 Å². The minimum Gasteiger partial charge on any atom is -0.450 e. The minimum absolute atomic E-state index is 0.0602. The van der Waals surface area contributed by atoms with Gasteiger partial charge in [0.25, 0.3) is 11.8 Å². The Morgan fingerprint density at radius 3 is 2.54 bits per heavy atom. The molecule has 1 fully saturated rings. The van der Waals surface area contributed by atoms with Crippen LogP contribution in [-0.2, 0) is 4.74 Å². The Balaban J connectivity index is 1.56. The molecule has 28 heavy (non-hydrogen) atoms. The van der Waals surface area contributed by atoms with Gasteiger partial charge >= 0.3 is 0 Å². The number of anilines is 1. The number of carbonyl (C=O) groups is 2. The van der Waals surface area contributed by atoms with Crippen molar-refractivity contribution in [1.29, 1.82) is 0 Å². The molecule has 6 heteroatoms. The number of benzene rings is 2. The summed E-state index contributed by atoms with van der Waals surface area (Å²) in [4.78, 5) is 27.2. The molecule has 0 atom stereocenters. The van der Waals surface area contributed by atoms with Crippen LogP contribution in [0.1, 0.15) is 32.0 Å². The number of aryl methyl sites for hydroxylation is 2. The van der Waals surface area contributed by atoms with Crippen LogP contribution >= 0.6 is 0 Å². The highest BCUT2D eigenvalue weighted by Crippen LogP contribution is 2.28. The molecule has 0 spiro atoms. The van der Waals surface area contributed by atoms with Crippen molar-refractivity contribution in [1.82, 2.24) is 4.90 Å². The van der Waals surface area contributed by atoms with E-state index >= 15 is 0 Å². The lowest BCUT2D eigenvalue weighted by molar-refractivity contribution is 0.0303. The Kier molecular flexibility index (Phi) is 4.88. The first kappa shape index (κ1) is 18.3. The molecule has 0 radical (unpaired) electrons. The van der Waals surface area contributed by atoms with Crippen LogP contribution in [0.15, 0.2) is 46.9 Å². The first-order valence-electron chi connectivity index (χ1n) is 9.32. The number of nitrogens with zero attached hydrogens (tertiary/aromatic N) is 1. The predicted octanol–water partition coefficient (Wildman–Crippen LogP) is 3.77. The topological polar surface area (TPSA) is 71.8 Å². The summed E-state index contributed by atoms with van der Waals surface area (Å²) in [5, 5.41) is 3.78. The second kappa shape index (κ2) is 7.48. The van der Waals surface area contributed by atoms with Crippen molar-refractivity contribution in [3.05, 3.63) is 64.9 Å². The summed E-state index contributed by atoms with van der Waals surface area (Å²) in [6, 6.07) is 12.8. The Hall–Kier alpha value is -3.12. The highest BCUT2D eigenvalue weighted by atomic mass is 16.5. The van der Waals surface area contributed by atoms with Gasteiger partial charge < -0.3 is 19.4 Å². The van der Waals surface area contributed by atoms with Gasteiger partial charge in [0, 0.05) is 35.3 Å². The van der Waals surface area contributed by atoms with Crippen LogP contribution in [-0.4, -0.2) is 43.0 Å². The number of fused-ring (bicyclic) bond motifs is 1. The van der Waals surface area contributed by atoms with E-state index in [0.717, 1.165) is 22.1 Å². The maximum atomic E-state index is 12.8. The number of morpholine rings is 1. The van der Waals surface area contributed by atoms with Crippen LogP contribution in [0.5, 0.6) is 0 Å². The molecule has 0 aliphatic carbocycles. The van der Waals surface area contributed by atoms with Crippen LogP contribution in [0.4, 0.5) is 5.69 Å². The minimum atomic E-state index is -0.330. The van der Waals surface area contributed by atoms with Crippen molar-refractivity contribution in [2.24, 2.45) is 0 Å². The van der Waals surface area contributed by atoms with E-state index in [1.165, 1.54) is 0 Å². The summed E-state index contributed by atoms with van der Waals surface area (Å²) in [7, 11) is 0. The first-order chi connectivity index (χ1) is 13.5. The lowest BCUT2D eigenvalue weighted by Crippen LogP contribution is -2.40. The third kappa shape index (κ3) is 3.39. The number of para-hydroxylation sites is 1. The fourth-order valence-corrected chi connectivity index (χ4v) is 3.47. The largest absolute Gasteiger partial charge is 0.450 e. The van der Waals surface area contributed by atoms with Gasteiger partial charge in [-0.15, -0.1) is 0 Å². The molecule has 2 amide bonds. The highest BCUT2D eigenvalue weighted by molar-refractivity contribution is 6.07. The molecule has 1 aromatic heterocycles. The molecular formula is C22H22N2O4. The van der Waals surface area contributed by atoms with Gasteiger partial charge in [0.1, 0.15) is 5.58 Å². The average molecular weight is 378 g/mol. The van der Waals surface area contributed by atoms with Gasteiger partial charge in [-0.3, -0.25) is 9.59 Å². The van der Waals surface area contributed by atoms with Gasteiger partial charge in [-0.25, -0.2) is 0 Å². The van der Waals surface area contributed by atoms with E-state index in [1.54, 1.807) is 29.2 Å². The van der Waals surface area contributed by atoms with Crippen molar-refractivity contribution in [3.63, 3.8) is 0 Å². The second-order valence-electron chi connectivity index (χ2n) is 6.95. The van der Waals surface area contributed by atoms with Gasteiger partial charge in [-0.05, 0) is 37.6 Å². The number of furan rings is 1. The predicted molar refractivity (Wildman–Crippen MR) is 107 cm³/mol. The van der Waals surface area contributed by atoms with E-state index < -0.39 is 0 Å². The summed E-state index contributed by atoms with van der Waals surface area (Å²) in [6.45, 7) is 6.08. The normalized spacial score (nSPS) is 14.3. The number of hydrogen-bond acceptors (Lipinski definition) is 4. The number of rotatable bonds is 3. The molecule has 6 nitrogen and oxygen atoms in total. The zero-order valence-electron chi connectivity index (χ0n) is 16.0. The molecule has 4 rings (SSSR count). The first-order valence-corrected chi connectivity index (χ1v) is 9.32. The SMILES string of the molecule is Cc1c(C(=O)Nc2cccc(C(=O)N3CCOCC3)c2)oc2c(C)cccc12. The van der Waals surface area contributed by atoms with Crippen molar-refractivity contribution in [2.45, 2.75) is 13.8 Å². The van der Waals surface area contributed by atoms with Crippen LogP contribution in [0.3, 0.4) is 0 Å². The van der Waals surface area contributed by atoms with E-state index in [4.69, 9.17) is 9.15 Å². The Morgan fingerprint density at radius 2 is 1.79 bits per heavy atom. The maximum absolute atomic E-state index is 12.8. The summed E-state index contributed by atoms with van der Waals surface area (Å²) < 4.78 is 11.1. The van der Waals surface area contributed by atoms with Crippen molar-refractivity contribution < 1.29 is 18.7 Å². The lowest BCUT2D eigenvalue weighted by Gasteiger charge is -2.27. The third-order valence-corrected chi connectivity index (χ3v) is 5.03. The number of carbonyl (C=O) groups excluding carboxylic acids is 2. The average Bonchev–Trinajstić information content (AvgIpc) is 3.06. The fourth-order valence-electron chi connectivity index (χ4n) is 3.47. The van der Waals surface area contributed by atoms with Crippen LogP contribution in [0.2, 0.25) is 0 Å². The number of ether oxygens (including phenoxy) is 1. The zero-order valence-corrected chi connectivity index (χ0v) is 16.0. The van der Waals surface area contributed by atoms with Crippen LogP contribution < -0.4 is 5.32 Å². The number of amides is 2. The van der Waals surface area contributed by atoms with Crippen molar-refractivity contribution >= 4 is 28.5 Å². The van der Waals surface area contributed by atoms with E-state index in [1.807, 2.05) is 32.0 Å². The standard InChI is InChI=1S/C22H22N2O4/c1-14-5-3-8-18-15(2)20(28-19(14)18)21(25)23-17-7-4-6-16(13-17)22(26)24-9-11-27-12-10-24/h3-8,13H,9-12H2,1-2H3,(H,23,25). The van der Waals surface area contributed by atoms with E-state index in [9.17, 15) is 9.59 Å². The Labute approximate surface area is 163 Å². The molecular weight excluding hydrogens is 356 g/mol. The molecule has 0 bridgehead atoms. The Morgan fingerprint density at radius 1 is 1.04 bits per heavy atom. The molecule has 1 aliphatic rings. The van der Waals surface area contributed by atoms with E-state index in [0.29, 0.717) is 37.6 Å². The number of nitrogens with one attached hydrogen (secondary N) is 1. The Bertz CT molecular complexity index is 1050. The molecule has 1 saturated heterocycles. The van der Waals surface area contributed by atoms with Crippen LogP contribution in [0, 0.1) is 13.8 Å².